The average molecular weight is 258 g/mol. The number of benzene rings is 1. The van der Waals surface area contributed by atoms with Crippen LogP contribution in [0, 0.1) is 0 Å². The van der Waals surface area contributed by atoms with Gasteiger partial charge in [0.15, 0.2) is 5.38 Å². The Morgan fingerprint density at radius 2 is 2.00 bits per heavy atom. The molecule has 0 aliphatic carbocycles. The first-order chi connectivity index (χ1) is 8.11. The first-order valence-corrected chi connectivity index (χ1v) is 5.56. The van der Waals surface area contributed by atoms with E-state index in [9.17, 15) is 4.79 Å². The second-order valence-electron chi connectivity index (χ2n) is 3.78. The molecule has 0 bridgehead atoms. The van der Waals surface area contributed by atoms with E-state index in [-0.39, 0.29) is 18.3 Å². The van der Waals surface area contributed by atoms with Crippen molar-refractivity contribution in [1.29, 1.82) is 0 Å². The standard InChI is InChI=1S/C11H12ClNO4/c12-9-10(8(5-14)13-11(9)16)17-7-3-1-6(15)2-4-7/h1-4,8-10,14-15H,5H2,(H,13,16)/t8-,9+,10+/m1/s1. The van der Waals surface area contributed by atoms with Crippen LogP contribution in [0.3, 0.4) is 0 Å². The molecule has 0 saturated carbocycles. The second kappa shape index (κ2) is 4.81. The van der Waals surface area contributed by atoms with Crippen LogP contribution in [0.4, 0.5) is 0 Å². The van der Waals surface area contributed by atoms with Gasteiger partial charge in [-0.15, -0.1) is 11.6 Å². The molecule has 0 radical (unpaired) electrons. The van der Waals surface area contributed by atoms with E-state index < -0.39 is 17.5 Å². The topological polar surface area (TPSA) is 78.8 Å². The molecule has 3 N–H and O–H groups in total. The number of amides is 1. The van der Waals surface area contributed by atoms with Gasteiger partial charge in [0.25, 0.3) is 0 Å². The van der Waals surface area contributed by atoms with Crippen molar-refractivity contribution in [3.63, 3.8) is 0 Å². The fourth-order valence-electron chi connectivity index (χ4n) is 1.67. The summed E-state index contributed by atoms with van der Waals surface area (Å²) in [5, 5.41) is 19.9. The van der Waals surface area contributed by atoms with Gasteiger partial charge in [0, 0.05) is 0 Å². The number of phenols is 1. The van der Waals surface area contributed by atoms with Crippen molar-refractivity contribution in [2.24, 2.45) is 0 Å². The molecule has 1 heterocycles. The van der Waals surface area contributed by atoms with Crippen LogP contribution in [0.15, 0.2) is 24.3 Å². The molecule has 0 aromatic heterocycles. The van der Waals surface area contributed by atoms with Crippen molar-refractivity contribution in [2.45, 2.75) is 17.5 Å². The van der Waals surface area contributed by atoms with E-state index in [4.69, 9.17) is 26.6 Å². The van der Waals surface area contributed by atoms with Crippen LogP contribution in [0.25, 0.3) is 0 Å². The molecule has 1 saturated heterocycles. The average Bonchev–Trinajstić information content (AvgIpc) is 2.59. The van der Waals surface area contributed by atoms with Crippen LogP contribution >= 0.6 is 11.6 Å². The molecular weight excluding hydrogens is 246 g/mol. The number of aliphatic hydroxyl groups is 1. The molecule has 1 amide bonds. The predicted molar refractivity (Wildman–Crippen MR) is 61.2 cm³/mol. The summed E-state index contributed by atoms with van der Waals surface area (Å²) < 4.78 is 5.53. The number of carbonyl (C=O) groups excluding carboxylic acids is 1. The first-order valence-electron chi connectivity index (χ1n) is 5.13. The number of hydrogen-bond donors (Lipinski definition) is 3. The summed E-state index contributed by atoms with van der Waals surface area (Å²) >= 11 is 5.89. The Morgan fingerprint density at radius 1 is 1.35 bits per heavy atom. The lowest BCUT2D eigenvalue weighted by Gasteiger charge is -2.20. The molecule has 1 aromatic rings. The van der Waals surface area contributed by atoms with E-state index >= 15 is 0 Å². The predicted octanol–water partition coefficient (Wildman–Crippen LogP) is 0.238. The van der Waals surface area contributed by atoms with Crippen molar-refractivity contribution < 1.29 is 19.7 Å². The SMILES string of the molecule is O=C1N[C@H](CO)[C@H](Oc2ccc(O)cc2)[C@@H]1Cl. The zero-order chi connectivity index (χ0) is 12.4. The molecule has 0 spiro atoms. The Bertz CT molecular complexity index is 408. The number of aromatic hydroxyl groups is 1. The Labute approximate surface area is 103 Å². The molecule has 1 fully saturated rings. The fourth-order valence-corrected chi connectivity index (χ4v) is 1.96. The summed E-state index contributed by atoms with van der Waals surface area (Å²) in [6.07, 6.45) is -0.626. The lowest BCUT2D eigenvalue weighted by atomic mass is 10.2. The van der Waals surface area contributed by atoms with Crippen LogP contribution in [0.5, 0.6) is 11.5 Å². The third kappa shape index (κ3) is 2.45. The highest BCUT2D eigenvalue weighted by Crippen LogP contribution is 2.23. The normalized spacial score (nSPS) is 27.9. The number of ether oxygens (including phenoxy) is 1. The van der Waals surface area contributed by atoms with Crippen LogP contribution in [0.2, 0.25) is 0 Å². The lowest BCUT2D eigenvalue weighted by Crippen LogP contribution is -2.39. The van der Waals surface area contributed by atoms with E-state index in [1.54, 1.807) is 12.1 Å². The zero-order valence-corrected chi connectivity index (χ0v) is 9.59. The minimum Gasteiger partial charge on any atom is -0.508 e. The summed E-state index contributed by atoms with van der Waals surface area (Å²) in [5.41, 5.74) is 0. The number of hydrogen-bond acceptors (Lipinski definition) is 4. The fraction of sp³-hybridized carbons (Fsp3) is 0.364. The number of halogens is 1. The van der Waals surface area contributed by atoms with Crippen LogP contribution < -0.4 is 10.1 Å². The van der Waals surface area contributed by atoms with Gasteiger partial charge in [-0.2, -0.15) is 0 Å². The summed E-state index contributed by atoms with van der Waals surface area (Å²) in [6.45, 7) is -0.238. The quantitative estimate of drug-likeness (QED) is 0.678. The largest absolute Gasteiger partial charge is 0.508 e. The summed E-state index contributed by atoms with van der Waals surface area (Å²) in [5.74, 6) is 0.252. The third-order valence-electron chi connectivity index (χ3n) is 2.57. The minimum atomic E-state index is -0.832. The molecule has 3 atom stereocenters. The van der Waals surface area contributed by atoms with Gasteiger partial charge in [-0.05, 0) is 24.3 Å². The molecule has 1 aliphatic heterocycles. The molecule has 17 heavy (non-hydrogen) atoms. The number of nitrogens with one attached hydrogen (secondary N) is 1. The highest BCUT2D eigenvalue weighted by atomic mass is 35.5. The number of carbonyl (C=O) groups is 1. The van der Waals surface area contributed by atoms with Gasteiger partial charge in [-0.25, -0.2) is 0 Å². The Hall–Kier alpha value is -1.46. The highest BCUT2D eigenvalue weighted by Gasteiger charge is 2.42. The molecule has 0 unspecified atom stereocenters. The summed E-state index contributed by atoms with van der Waals surface area (Å²) in [4.78, 5) is 11.3. The van der Waals surface area contributed by atoms with Gasteiger partial charge in [0.05, 0.1) is 12.6 Å². The monoisotopic (exact) mass is 257 g/mol. The van der Waals surface area contributed by atoms with E-state index in [1.165, 1.54) is 12.1 Å². The van der Waals surface area contributed by atoms with Crippen LogP contribution in [-0.4, -0.2) is 40.3 Å². The van der Waals surface area contributed by atoms with Crippen molar-refractivity contribution in [3.05, 3.63) is 24.3 Å². The Morgan fingerprint density at radius 3 is 2.59 bits per heavy atom. The van der Waals surface area contributed by atoms with Crippen molar-refractivity contribution >= 4 is 17.5 Å². The third-order valence-corrected chi connectivity index (χ3v) is 3.02. The van der Waals surface area contributed by atoms with Gasteiger partial charge in [-0.1, -0.05) is 0 Å². The van der Waals surface area contributed by atoms with Crippen LogP contribution in [0.1, 0.15) is 0 Å². The first kappa shape index (κ1) is 12.0. The number of alkyl halides is 1. The zero-order valence-electron chi connectivity index (χ0n) is 8.84. The summed E-state index contributed by atoms with van der Waals surface area (Å²) in [6, 6.07) is 5.55. The molecule has 5 nitrogen and oxygen atoms in total. The van der Waals surface area contributed by atoms with Crippen molar-refractivity contribution in [3.8, 4) is 11.5 Å². The van der Waals surface area contributed by atoms with Gasteiger partial charge in [0.2, 0.25) is 5.91 Å². The maximum Gasteiger partial charge on any atom is 0.242 e. The van der Waals surface area contributed by atoms with E-state index in [2.05, 4.69) is 5.32 Å². The van der Waals surface area contributed by atoms with E-state index in [1.807, 2.05) is 0 Å². The van der Waals surface area contributed by atoms with Crippen LogP contribution in [-0.2, 0) is 4.79 Å². The van der Waals surface area contributed by atoms with Gasteiger partial charge >= 0.3 is 0 Å². The minimum absolute atomic E-state index is 0.124. The van der Waals surface area contributed by atoms with E-state index in [0.717, 1.165) is 0 Å². The number of phenolic OH excluding ortho intramolecular Hbond substituents is 1. The molecular formula is C11H12ClNO4. The lowest BCUT2D eigenvalue weighted by molar-refractivity contribution is -0.119. The van der Waals surface area contributed by atoms with Gasteiger partial charge < -0.3 is 20.3 Å². The summed E-state index contributed by atoms with van der Waals surface area (Å²) in [7, 11) is 0. The molecule has 6 heteroatoms. The van der Waals surface area contributed by atoms with Crippen molar-refractivity contribution in [1.82, 2.24) is 5.32 Å². The maximum atomic E-state index is 11.3. The highest BCUT2D eigenvalue weighted by molar-refractivity contribution is 6.32. The van der Waals surface area contributed by atoms with Gasteiger partial charge in [-0.3, -0.25) is 4.79 Å². The molecule has 1 aromatic carbocycles. The molecule has 92 valence electrons. The van der Waals surface area contributed by atoms with Gasteiger partial charge in [0.1, 0.15) is 17.6 Å². The molecule has 2 rings (SSSR count). The number of rotatable bonds is 3. The molecule has 1 aliphatic rings. The van der Waals surface area contributed by atoms with Crippen molar-refractivity contribution in [2.75, 3.05) is 6.61 Å². The smallest absolute Gasteiger partial charge is 0.242 e. The second-order valence-corrected chi connectivity index (χ2v) is 4.25. The number of aliphatic hydroxyl groups excluding tert-OH is 1. The Kier molecular flexibility index (Phi) is 3.40. The maximum absolute atomic E-state index is 11.3. The Balaban J connectivity index is 2.11. The van der Waals surface area contributed by atoms with E-state index in [0.29, 0.717) is 5.75 Å².